The van der Waals surface area contributed by atoms with Gasteiger partial charge in [-0.15, -0.1) is 0 Å². The van der Waals surface area contributed by atoms with Gasteiger partial charge in [0.05, 0.1) is 19.4 Å². The lowest BCUT2D eigenvalue weighted by Crippen LogP contribution is -2.00. The maximum atomic E-state index is 5.64. The fraction of sp³-hybridized carbons (Fsp3) is 0.250. The molecule has 0 aliphatic rings. The molecule has 0 bridgehead atoms. The van der Waals surface area contributed by atoms with Crippen molar-refractivity contribution in [1.82, 2.24) is 0 Å². The van der Waals surface area contributed by atoms with Gasteiger partial charge in [-0.1, -0.05) is 6.07 Å². The predicted octanol–water partition coefficient (Wildman–Crippen LogP) is 0.668. The second-order valence-corrected chi connectivity index (χ2v) is 2.39. The number of anilines is 1. The van der Waals surface area contributed by atoms with Gasteiger partial charge >= 0.3 is 0 Å². The molecule has 0 radical (unpaired) electrons. The van der Waals surface area contributed by atoms with Crippen LogP contribution in [0.25, 0.3) is 0 Å². The number of nitrogen functional groups attached to an aromatic ring is 1. The molecule has 0 aliphatic carbocycles. The van der Waals surface area contributed by atoms with Gasteiger partial charge < -0.3 is 10.5 Å². The fourth-order valence-corrected chi connectivity index (χ4v) is 0.970. The lowest BCUT2D eigenvalue weighted by atomic mass is 10.2. The molecule has 4 nitrogen and oxygen atoms in total. The summed E-state index contributed by atoms with van der Waals surface area (Å²) in [6.07, 6.45) is 0. The molecule has 4 heteroatoms. The van der Waals surface area contributed by atoms with Crippen LogP contribution >= 0.6 is 0 Å². The summed E-state index contributed by atoms with van der Waals surface area (Å²) in [6, 6.07) is 5.40. The number of hydrogen-bond donors (Lipinski definition) is 2. The number of benzene rings is 1. The van der Waals surface area contributed by atoms with Gasteiger partial charge in [0.1, 0.15) is 5.75 Å². The Hall–Kier alpha value is -1.26. The van der Waals surface area contributed by atoms with Crippen LogP contribution in [0.15, 0.2) is 18.2 Å². The van der Waals surface area contributed by atoms with Gasteiger partial charge in [0, 0.05) is 0 Å². The second-order valence-electron chi connectivity index (χ2n) is 2.39. The Labute approximate surface area is 71.0 Å². The van der Waals surface area contributed by atoms with E-state index in [4.69, 9.17) is 16.4 Å². The SMILES string of the molecule is COc1ccc(CON)cc1N. The zero-order valence-electron chi connectivity index (χ0n) is 6.91. The van der Waals surface area contributed by atoms with Crippen LogP contribution in [0.1, 0.15) is 5.56 Å². The molecule has 0 aromatic heterocycles. The first kappa shape index (κ1) is 8.83. The van der Waals surface area contributed by atoms with Crippen LogP contribution in [0, 0.1) is 0 Å². The molecule has 66 valence electrons. The fourth-order valence-electron chi connectivity index (χ4n) is 0.970. The molecule has 1 aromatic rings. The highest BCUT2D eigenvalue weighted by atomic mass is 16.6. The average Bonchev–Trinajstić information content (AvgIpc) is 2.05. The average molecular weight is 168 g/mol. The third-order valence-corrected chi connectivity index (χ3v) is 1.54. The van der Waals surface area contributed by atoms with Crippen LogP contribution in [-0.2, 0) is 11.4 Å². The minimum Gasteiger partial charge on any atom is -0.495 e. The van der Waals surface area contributed by atoms with Gasteiger partial charge in [-0.05, 0) is 17.7 Å². The third-order valence-electron chi connectivity index (χ3n) is 1.54. The maximum Gasteiger partial charge on any atom is 0.141 e. The molecule has 4 N–H and O–H groups in total. The third kappa shape index (κ3) is 1.87. The smallest absolute Gasteiger partial charge is 0.141 e. The normalized spacial score (nSPS) is 9.83. The molecule has 1 rings (SSSR count). The molecule has 0 aliphatic heterocycles. The van der Waals surface area contributed by atoms with E-state index in [2.05, 4.69) is 4.84 Å². The summed E-state index contributed by atoms with van der Waals surface area (Å²) in [6.45, 7) is 0.355. The standard InChI is InChI=1S/C8H12N2O2/c1-11-8-3-2-6(5-12-10)4-7(8)9/h2-4H,5,9-10H2,1H3. The largest absolute Gasteiger partial charge is 0.495 e. The van der Waals surface area contributed by atoms with Crippen molar-refractivity contribution in [2.75, 3.05) is 12.8 Å². The van der Waals surface area contributed by atoms with Crippen LogP contribution < -0.4 is 16.4 Å². The Morgan fingerprint density at radius 2 is 2.17 bits per heavy atom. The Balaban J connectivity index is 2.86. The lowest BCUT2D eigenvalue weighted by molar-refractivity contribution is 0.124. The molecule has 0 spiro atoms. The summed E-state index contributed by atoms with van der Waals surface area (Å²) in [7, 11) is 1.57. The number of methoxy groups -OCH3 is 1. The van der Waals surface area contributed by atoms with Crippen LogP contribution in [-0.4, -0.2) is 7.11 Å². The summed E-state index contributed by atoms with van der Waals surface area (Å²) in [4.78, 5) is 4.46. The molecule has 1 aromatic carbocycles. The summed E-state index contributed by atoms with van der Waals surface area (Å²) >= 11 is 0. The molecule has 0 heterocycles. The van der Waals surface area contributed by atoms with Gasteiger partial charge in [0.15, 0.2) is 0 Å². The zero-order chi connectivity index (χ0) is 8.97. The minimum absolute atomic E-state index is 0.355. The highest BCUT2D eigenvalue weighted by Gasteiger charge is 1.99. The Morgan fingerprint density at radius 3 is 2.67 bits per heavy atom. The van der Waals surface area contributed by atoms with Gasteiger partial charge in [-0.2, -0.15) is 0 Å². The van der Waals surface area contributed by atoms with Gasteiger partial charge in [-0.25, -0.2) is 5.90 Å². The second kappa shape index (κ2) is 3.94. The van der Waals surface area contributed by atoms with E-state index < -0.39 is 0 Å². The quantitative estimate of drug-likeness (QED) is 0.514. The zero-order valence-corrected chi connectivity index (χ0v) is 6.91. The van der Waals surface area contributed by atoms with E-state index in [1.165, 1.54) is 0 Å². The van der Waals surface area contributed by atoms with Crippen molar-refractivity contribution in [2.45, 2.75) is 6.61 Å². The molecule has 0 amide bonds. The van der Waals surface area contributed by atoms with E-state index in [-0.39, 0.29) is 0 Å². The summed E-state index contributed by atoms with van der Waals surface area (Å²) in [5, 5.41) is 0. The lowest BCUT2D eigenvalue weighted by Gasteiger charge is -2.05. The van der Waals surface area contributed by atoms with Crippen molar-refractivity contribution >= 4 is 5.69 Å². The number of ether oxygens (including phenoxy) is 1. The highest BCUT2D eigenvalue weighted by molar-refractivity contribution is 5.54. The Kier molecular flexibility index (Phi) is 2.90. The van der Waals surface area contributed by atoms with Gasteiger partial charge in [0.2, 0.25) is 0 Å². The molecular formula is C8H12N2O2. The number of hydrogen-bond acceptors (Lipinski definition) is 4. The predicted molar refractivity (Wildman–Crippen MR) is 46.4 cm³/mol. The molecule has 12 heavy (non-hydrogen) atoms. The number of nitrogens with two attached hydrogens (primary N) is 2. The van der Waals surface area contributed by atoms with E-state index in [9.17, 15) is 0 Å². The number of rotatable bonds is 3. The summed E-state index contributed by atoms with van der Waals surface area (Å²) in [5.74, 6) is 5.57. The maximum absolute atomic E-state index is 5.64. The highest BCUT2D eigenvalue weighted by Crippen LogP contribution is 2.21. The van der Waals surface area contributed by atoms with E-state index in [0.29, 0.717) is 18.0 Å². The van der Waals surface area contributed by atoms with Crippen molar-refractivity contribution in [2.24, 2.45) is 5.90 Å². The van der Waals surface area contributed by atoms with Crippen molar-refractivity contribution < 1.29 is 9.57 Å². The van der Waals surface area contributed by atoms with Crippen LogP contribution in [0.5, 0.6) is 5.75 Å². The first-order valence-corrected chi connectivity index (χ1v) is 3.52. The van der Waals surface area contributed by atoms with Crippen LogP contribution in [0.4, 0.5) is 5.69 Å². The molecule has 0 saturated carbocycles. The molecule has 0 fully saturated rings. The van der Waals surface area contributed by atoms with Crippen molar-refractivity contribution in [3.05, 3.63) is 23.8 Å². The van der Waals surface area contributed by atoms with Crippen molar-refractivity contribution in [1.29, 1.82) is 0 Å². The van der Waals surface area contributed by atoms with E-state index in [0.717, 1.165) is 5.56 Å². The van der Waals surface area contributed by atoms with Gasteiger partial charge in [0.25, 0.3) is 0 Å². The first-order valence-electron chi connectivity index (χ1n) is 3.52. The first-order chi connectivity index (χ1) is 5.77. The Bertz CT molecular complexity index is 263. The van der Waals surface area contributed by atoms with Gasteiger partial charge in [-0.3, -0.25) is 4.84 Å². The monoisotopic (exact) mass is 168 g/mol. The topological polar surface area (TPSA) is 70.5 Å². The molecule has 0 unspecified atom stereocenters. The van der Waals surface area contributed by atoms with Crippen LogP contribution in [0.3, 0.4) is 0 Å². The van der Waals surface area contributed by atoms with Crippen LogP contribution in [0.2, 0.25) is 0 Å². The molecule has 0 atom stereocenters. The van der Waals surface area contributed by atoms with Crippen molar-refractivity contribution in [3.63, 3.8) is 0 Å². The minimum atomic E-state index is 0.355. The van der Waals surface area contributed by atoms with Crippen molar-refractivity contribution in [3.8, 4) is 5.75 Å². The Morgan fingerprint density at radius 1 is 1.42 bits per heavy atom. The van der Waals surface area contributed by atoms with E-state index in [1.807, 2.05) is 6.07 Å². The molecular weight excluding hydrogens is 156 g/mol. The molecule has 0 saturated heterocycles. The van der Waals surface area contributed by atoms with E-state index >= 15 is 0 Å². The summed E-state index contributed by atoms with van der Waals surface area (Å²) < 4.78 is 4.98. The van der Waals surface area contributed by atoms with E-state index in [1.54, 1.807) is 19.2 Å². The summed E-state index contributed by atoms with van der Waals surface area (Å²) in [5.41, 5.74) is 7.16.